The van der Waals surface area contributed by atoms with Crippen molar-refractivity contribution in [2.45, 2.75) is 348 Å². The highest BCUT2D eigenvalue weighted by Gasteiger charge is 2.19. The van der Waals surface area contributed by atoms with E-state index in [4.69, 9.17) is 14.2 Å². The van der Waals surface area contributed by atoms with Crippen LogP contribution in [0.4, 0.5) is 0 Å². The molecule has 0 amide bonds. The van der Waals surface area contributed by atoms with E-state index in [1.807, 2.05) is 0 Å². The van der Waals surface area contributed by atoms with Gasteiger partial charge in [-0.15, -0.1) is 0 Å². The molecule has 0 aliphatic carbocycles. The summed E-state index contributed by atoms with van der Waals surface area (Å²) in [6.45, 7) is 6.53. The van der Waals surface area contributed by atoms with Gasteiger partial charge in [0.25, 0.3) is 0 Å². The molecule has 0 aliphatic rings. The summed E-state index contributed by atoms with van der Waals surface area (Å²) in [6.07, 6.45) is 84.9. The molecule has 0 radical (unpaired) electrons. The minimum Gasteiger partial charge on any atom is -0.462 e. The standard InChI is InChI=1S/C71H126O6/c1-4-7-10-13-16-19-22-25-27-29-31-33-34-35-36-38-39-41-43-46-49-52-55-58-61-64-70(73)76-67-68(66-75-69(72)63-60-57-54-51-48-45-24-21-18-15-12-9-6-3)77-71(74)65-62-59-56-53-50-47-44-42-40-37-32-30-28-26-23-20-17-14-11-8-5-2/h9,12,18,21-22,25,29,31,34-35,45,48,68H,4-8,10-11,13-17,19-20,23-24,26-28,30,32-33,36-44,46-47,49-67H2,1-3H3/b12-9-,21-18-,25-22-,31-29-,35-34-,48-45-. The molecule has 0 aromatic rings. The summed E-state index contributed by atoms with van der Waals surface area (Å²) >= 11 is 0. The number of esters is 3. The van der Waals surface area contributed by atoms with Gasteiger partial charge in [0, 0.05) is 19.3 Å². The fourth-order valence-electron chi connectivity index (χ4n) is 9.70. The third kappa shape index (κ3) is 63.6. The lowest BCUT2D eigenvalue weighted by Gasteiger charge is -2.18. The van der Waals surface area contributed by atoms with E-state index in [1.165, 1.54) is 205 Å². The van der Waals surface area contributed by atoms with Crippen molar-refractivity contribution in [3.8, 4) is 0 Å². The van der Waals surface area contributed by atoms with E-state index in [1.54, 1.807) is 0 Å². The van der Waals surface area contributed by atoms with Gasteiger partial charge in [-0.2, -0.15) is 0 Å². The summed E-state index contributed by atoms with van der Waals surface area (Å²) in [6, 6.07) is 0. The van der Waals surface area contributed by atoms with Crippen LogP contribution in [0.15, 0.2) is 72.9 Å². The van der Waals surface area contributed by atoms with E-state index >= 15 is 0 Å². The second-order valence-electron chi connectivity index (χ2n) is 22.4. The molecule has 0 bridgehead atoms. The van der Waals surface area contributed by atoms with Gasteiger partial charge in [0.2, 0.25) is 0 Å². The molecule has 6 nitrogen and oxygen atoms in total. The van der Waals surface area contributed by atoms with Gasteiger partial charge in [-0.25, -0.2) is 0 Å². The summed E-state index contributed by atoms with van der Waals surface area (Å²) in [5.41, 5.74) is 0. The molecule has 0 saturated carbocycles. The molecule has 0 N–H and O–H groups in total. The van der Waals surface area contributed by atoms with Crippen LogP contribution in [0.1, 0.15) is 342 Å². The van der Waals surface area contributed by atoms with Crippen molar-refractivity contribution in [1.82, 2.24) is 0 Å². The highest BCUT2D eigenvalue weighted by atomic mass is 16.6. The number of unbranched alkanes of at least 4 members (excludes halogenated alkanes) is 38. The van der Waals surface area contributed by atoms with Crippen LogP contribution in [-0.2, 0) is 28.6 Å². The number of carbonyl (C=O) groups excluding carboxylic acids is 3. The molecule has 446 valence electrons. The van der Waals surface area contributed by atoms with Gasteiger partial charge in [-0.05, 0) is 89.9 Å². The van der Waals surface area contributed by atoms with E-state index in [0.717, 1.165) is 96.3 Å². The van der Waals surface area contributed by atoms with Crippen LogP contribution in [0, 0.1) is 0 Å². The zero-order chi connectivity index (χ0) is 55.7. The highest BCUT2D eigenvalue weighted by Crippen LogP contribution is 2.17. The minimum atomic E-state index is -0.789. The lowest BCUT2D eigenvalue weighted by atomic mass is 10.0. The van der Waals surface area contributed by atoms with E-state index in [9.17, 15) is 14.4 Å². The second kappa shape index (κ2) is 65.4. The van der Waals surface area contributed by atoms with Gasteiger partial charge < -0.3 is 14.2 Å². The Morgan fingerprint density at radius 2 is 0.506 bits per heavy atom. The van der Waals surface area contributed by atoms with Crippen LogP contribution in [0.5, 0.6) is 0 Å². The van der Waals surface area contributed by atoms with Gasteiger partial charge in [0.15, 0.2) is 6.10 Å². The Morgan fingerprint density at radius 1 is 0.273 bits per heavy atom. The number of ether oxygens (including phenoxy) is 3. The van der Waals surface area contributed by atoms with E-state index in [0.29, 0.717) is 19.3 Å². The Bertz CT molecular complexity index is 1420. The Balaban J connectivity index is 4.30. The van der Waals surface area contributed by atoms with Gasteiger partial charge in [-0.3, -0.25) is 14.4 Å². The van der Waals surface area contributed by atoms with E-state index < -0.39 is 6.10 Å². The average Bonchev–Trinajstić information content (AvgIpc) is 3.43. The van der Waals surface area contributed by atoms with Crippen LogP contribution in [0.25, 0.3) is 0 Å². The Morgan fingerprint density at radius 3 is 0.805 bits per heavy atom. The first-order chi connectivity index (χ1) is 38.0. The van der Waals surface area contributed by atoms with Crippen molar-refractivity contribution in [3.05, 3.63) is 72.9 Å². The third-order valence-corrected chi connectivity index (χ3v) is 14.7. The molecule has 1 unspecified atom stereocenters. The van der Waals surface area contributed by atoms with Crippen molar-refractivity contribution >= 4 is 17.9 Å². The third-order valence-electron chi connectivity index (χ3n) is 14.7. The van der Waals surface area contributed by atoms with Crippen molar-refractivity contribution < 1.29 is 28.6 Å². The molecule has 0 heterocycles. The number of hydrogen-bond acceptors (Lipinski definition) is 6. The second-order valence-corrected chi connectivity index (χ2v) is 22.4. The Hall–Kier alpha value is -3.15. The van der Waals surface area contributed by atoms with Crippen LogP contribution >= 0.6 is 0 Å². The van der Waals surface area contributed by atoms with Crippen molar-refractivity contribution in [2.24, 2.45) is 0 Å². The fourth-order valence-corrected chi connectivity index (χ4v) is 9.70. The number of allylic oxidation sites excluding steroid dienone is 12. The predicted molar refractivity (Wildman–Crippen MR) is 335 cm³/mol. The zero-order valence-corrected chi connectivity index (χ0v) is 51.2. The maximum Gasteiger partial charge on any atom is 0.306 e. The fraction of sp³-hybridized carbons (Fsp3) is 0.789. The molecular weight excluding hydrogens is 949 g/mol. The van der Waals surface area contributed by atoms with Crippen LogP contribution in [-0.4, -0.2) is 37.2 Å². The Kier molecular flexibility index (Phi) is 62.7. The summed E-state index contributed by atoms with van der Waals surface area (Å²) < 4.78 is 16.9. The predicted octanol–water partition coefficient (Wildman–Crippen LogP) is 22.9. The number of rotatable bonds is 61. The molecule has 0 spiro atoms. The minimum absolute atomic E-state index is 0.0841. The molecule has 77 heavy (non-hydrogen) atoms. The van der Waals surface area contributed by atoms with Gasteiger partial charge in [0.05, 0.1) is 0 Å². The Labute approximate surface area is 478 Å². The van der Waals surface area contributed by atoms with Crippen molar-refractivity contribution in [1.29, 1.82) is 0 Å². The molecule has 0 aliphatic heterocycles. The lowest BCUT2D eigenvalue weighted by Crippen LogP contribution is -2.30. The quantitative estimate of drug-likeness (QED) is 0.0261. The topological polar surface area (TPSA) is 78.9 Å². The van der Waals surface area contributed by atoms with E-state index in [2.05, 4.69) is 93.7 Å². The van der Waals surface area contributed by atoms with Crippen LogP contribution < -0.4 is 0 Å². The average molecular weight is 1080 g/mol. The number of carbonyl (C=O) groups is 3. The lowest BCUT2D eigenvalue weighted by molar-refractivity contribution is -0.167. The summed E-state index contributed by atoms with van der Waals surface area (Å²) in [7, 11) is 0. The van der Waals surface area contributed by atoms with Crippen LogP contribution in [0.3, 0.4) is 0 Å². The summed E-state index contributed by atoms with van der Waals surface area (Å²) in [5.74, 6) is -0.900. The normalized spacial score (nSPS) is 12.5. The SMILES string of the molecule is CC/C=C\C/C=C\C/C=C\CCCCCC(=O)OCC(COC(=O)CCCCCCCCCCCC/C=C\C/C=C\C/C=C\CCCCCCC)OC(=O)CCCCCCCCCCCCCCCCCCCCCCC. The molecular formula is C71H126O6. The molecule has 1 atom stereocenters. The van der Waals surface area contributed by atoms with E-state index in [-0.39, 0.29) is 31.1 Å². The first-order valence-corrected chi connectivity index (χ1v) is 33.4. The van der Waals surface area contributed by atoms with Gasteiger partial charge in [-0.1, -0.05) is 306 Å². The van der Waals surface area contributed by atoms with Gasteiger partial charge in [0.1, 0.15) is 13.2 Å². The molecule has 0 aromatic heterocycles. The maximum absolute atomic E-state index is 12.9. The largest absolute Gasteiger partial charge is 0.462 e. The molecule has 0 fully saturated rings. The first kappa shape index (κ1) is 73.8. The molecule has 6 heteroatoms. The van der Waals surface area contributed by atoms with Gasteiger partial charge >= 0.3 is 17.9 Å². The maximum atomic E-state index is 12.9. The zero-order valence-electron chi connectivity index (χ0n) is 51.2. The highest BCUT2D eigenvalue weighted by molar-refractivity contribution is 5.71. The van der Waals surface area contributed by atoms with Crippen LogP contribution in [0.2, 0.25) is 0 Å². The molecule has 0 aromatic carbocycles. The summed E-state index contributed by atoms with van der Waals surface area (Å²) in [4.78, 5) is 38.3. The van der Waals surface area contributed by atoms with Crippen molar-refractivity contribution in [2.75, 3.05) is 13.2 Å². The van der Waals surface area contributed by atoms with Crippen molar-refractivity contribution in [3.63, 3.8) is 0 Å². The first-order valence-electron chi connectivity index (χ1n) is 33.4. The summed E-state index contributed by atoms with van der Waals surface area (Å²) in [5, 5.41) is 0. The smallest absolute Gasteiger partial charge is 0.306 e. The molecule has 0 saturated heterocycles. The molecule has 0 rings (SSSR count). The monoisotopic (exact) mass is 1070 g/mol. The number of hydrogen-bond donors (Lipinski definition) is 0.